The van der Waals surface area contributed by atoms with E-state index in [9.17, 15) is 0 Å². The molecule has 0 radical (unpaired) electrons. The Hall–Kier alpha value is -0.0800. The number of rotatable bonds is 3. The lowest BCUT2D eigenvalue weighted by molar-refractivity contribution is 0.283. The van der Waals surface area contributed by atoms with E-state index in [0.29, 0.717) is 0 Å². The quantitative estimate of drug-likeness (QED) is 0.668. The van der Waals surface area contributed by atoms with Crippen molar-refractivity contribution in [3.05, 3.63) is 0 Å². The molecule has 2 saturated carbocycles. The molecule has 0 unspecified atom stereocenters. The van der Waals surface area contributed by atoms with Crippen molar-refractivity contribution in [2.75, 3.05) is 6.54 Å². The van der Waals surface area contributed by atoms with Crippen molar-refractivity contribution >= 4 is 0 Å². The molecule has 0 aromatic rings. The average molecular weight is 168 g/mol. The van der Waals surface area contributed by atoms with Crippen LogP contribution in [0.25, 0.3) is 0 Å². The fourth-order valence-corrected chi connectivity index (χ4v) is 2.07. The van der Waals surface area contributed by atoms with Crippen molar-refractivity contribution < 1.29 is 0 Å². The average Bonchev–Trinajstić information content (AvgIpc) is 2.85. The summed E-state index contributed by atoms with van der Waals surface area (Å²) in [6.45, 7) is 1.05. The Kier molecular flexibility index (Phi) is 2.37. The maximum absolute atomic E-state index is 6.27. The van der Waals surface area contributed by atoms with E-state index in [0.717, 1.165) is 12.6 Å². The van der Waals surface area contributed by atoms with Crippen LogP contribution in [0.1, 0.15) is 44.9 Å². The van der Waals surface area contributed by atoms with Crippen molar-refractivity contribution in [3.8, 4) is 0 Å². The molecule has 2 fully saturated rings. The molecule has 2 rings (SSSR count). The highest BCUT2D eigenvalue weighted by Crippen LogP contribution is 2.26. The number of hydrogen-bond donors (Lipinski definition) is 2. The van der Waals surface area contributed by atoms with E-state index in [1.165, 1.54) is 44.9 Å². The van der Waals surface area contributed by atoms with Gasteiger partial charge in [-0.05, 0) is 25.7 Å². The number of nitrogens with one attached hydrogen (secondary N) is 1. The van der Waals surface area contributed by atoms with E-state index in [1.54, 1.807) is 0 Å². The van der Waals surface area contributed by atoms with Crippen molar-refractivity contribution in [1.82, 2.24) is 5.32 Å². The predicted molar refractivity (Wildman–Crippen MR) is 51.0 cm³/mol. The molecule has 0 heterocycles. The number of nitrogens with two attached hydrogens (primary N) is 1. The topological polar surface area (TPSA) is 38.0 Å². The third-order valence-electron chi connectivity index (χ3n) is 3.17. The second-order valence-corrected chi connectivity index (χ2v) is 4.58. The summed E-state index contributed by atoms with van der Waals surface area (Å²) in [5, 5.41) is 3.54. The van der Waals surface area contributed by atoms with Crippen LogP contribution in [0.3, 0.4) is 0 Å². The van der Waals surface area contributed by atoms with Gasteiger partial charge in [0.05, 0.1) is 0 Å². The number of hydrogen-bond acceptors (Lipinski definition) is 2. The Bertz CT molecular complexity index is 146. The van der Waals surface area contributed by atoms with E-state index in [4.69, 9.17) is 5.73 Å². The predicted octanol–water partition coefficient (Wildman–Crippen LogP) is 1.40. The fraction of sp³-hybridized carbons (Fsp3) is 1.00. The Morgan fingerprint density at radius 2 is 1.83 bits per heavy atom. The first-order chi connectivity index (χ1) is 5.79. The van der Waals surface area contributed by atoms with Gasteiger partial charge in [0.15, 0.2) is 0 Å². The van der Waals surface area contributed by atoms with Gasteiger partial charge in [-0.25, -0.2) is 0 Å². The second-order valence-electron chi connectivity index (χ2n) is 4.58. The minimum absolute atomic E-state index is 0.140. The zero-order valence-electron chi connectivity index (χ0n) is 7.81. The lowest BCUT2D eigenvalue weighted by atomic mass is 9.82. The molecular weight excluding hydrogens is 148 g/mol. The van der Waals surface area contributed by atoms with E-state index < -0.39 is 0 Å². The van der Waals surface area contributed by atoms with E-state index in [2.05, 4.69) is 5.32 Å². The molecule has 0 aromatic heterocycles. The Labute approximate surface area is 74.9 Å². The van der Waals surface area contributed by atoms with Crippen molar-refractivity contribution in [2.24, 2.45) is 5.73 Å². The van der Waals surface area contributed by atoms with Crippen LogP contribution < -0.4 is 11.1 Å². The van der Waals surface area contributed by atoms with Crippen LogP contribution in [-0.2, 0) is 0 Å². The molecule has 12 heavy (non-hydrogen) atoms. The molecule has 2 heteroatoms. The minimum atomic E-state index is 0.140. The summed E-state index contributed by atoms with van der Waals surface area (Å²) in [4.78, 5) is 0. The largest absolute Gasteiger partial charge is 0.324 e. The van der Waals surface area contributed by atoms with Crippen LogP contribution in [0.15, 0.2) is 0 Å². The summed E-state index contributed by atoms with van der Waals surface area (Å²) in [6, 6.07) is 0.812. The molecule has 0 aromatic carbocycles. The first-order valence-corrected chi connectivity index (χ1v) is 5.31. The molecule has 2 nitrogen and oxygen atoms in total. The van der Waals surface area contributed by atoms with E-state index in [-0.39, 0.29) is 5.54 Å². The van der Waals surface area contributed by atoms with Crippen molar-refractivity contribution in [2.45, 2.75) is 56.5 Å². The fourth-order valence-electron chi connectivity index (χ4n) is 2.07. The summed E-state index contributed by atoms with van der Waals surface area (Å²) in [5.74, 6) is 0. The smallest absolute Gasteiger partial charge is 0.0280 e. The molecule has 70 valence electrons. The highest BCUT2D eigenvalue weighted by Gasteiger charge is 2.30. The lowest BCUT2D eigenvalue weighted by Crippen LogP contribution is -2.50. The van der Waals surface area contributed by atoms with Gasteiger partial charge in [-0.1, -0.05) is 19.3 Å². The molecule has 2 aliphatic carbocycles. The molecule has 2 aliphatic rings. The first kappa shape index (κ1) is 8.52. The van der Waals surface area contributed by atoms with Crippen LogP contribution in [0, 0.1) is 0 Å². The van der Waals surface area contributed by atoms with Gasteiger partial charge in [0, 0.05) is 18.1 Å². The third-order valence-corrected chi connectivity index (χ3v) is 3.17. The van der Waals surface area contributed by atoms with Gasteiger partial charge in [-0.2, -0.15) is 0 Å². The molecule has 3 N–H and O–H groups in total. The van der Waals surface area contributed by atoms with Crippen LogP contribution in [0.2, 0.25) is 0 Å². The van der Waals surface area contributed by atoms with Gasteiger partial charge in [0.25, 0.3) is 0 Å². The standard InChI is InChI=1S/C10H20N2/c11-10(6-2-1-3-7-10)8-12-9-4-5-9/h9,12H,1-8,11H2. The molecule has 0 bridgehead atoms. The Morgan fingerprint density at radius 1 is 1.17 bits per heavy atom. The molecular formula is C10H20N2. The molecule has 0 spiro atoms. The third kappa shape index (κ3) is 2.20. The van der Waals surface area contributed by atoms with Gasteiger partial charge in [-0.15, -0.1) is 0 Å². The minimum Gasteiger partial charge on any atom is -0.324 e. The van der Waals surface area contributed by atoms with Crippen LogP contribution in [0.5, 0.6) is 0 Å². The maximum atomic E-state index is 6.27. The maximum Gasteiger partial charge on any atom is 0.0280 e. The Balaban J connectivity index is 1.73. The van der Waals surface area contributed by atoms with Gasteiger partial charge >= 0.3 is 0 Å². The molecule has 0 amide bonds. The van der Waals surface area contributed by atoms with Gasteiger partial charge in [0.2, 0.25) is 0 Å². The summed E-state index contributed by atoms with van der Waals surface area (Å²) in [6.07, 6.45) is 9.26. The zero-order valence-corrected chi connectivity index (χ0v) is 7.81. The normalized spacial score (nSPS) is 28.8. The van der Waals surface area contributed by atoms with Crippen molar-refractivity contribution in [1.29, 1.82) is 0 Å². The van der Waals surface area contributed by atoms with E-state index >= 15 is 0 Å². The van der Waals surface area contributed by atoms with Crippen LogP contribution in [-0.4, -0.2) is 18.1 Å². The molecule has 0 atom stereocenters. The lowest BCUT2D eigenvalue weighted by Gasteiger charge is -2.33. The monoisotopic (exact) mass is 168 g/mol. The summed E-state index contributed by atoms with van der Waals surface area (Å²) in [5.41, 5.74) is 6.41. The van der Waals surface area contributed by atoms with E-state index in [1.807, 2.05) is 0 Å². The van der Waals surface area contributed by atoms with Crippen molar-refractivity contribution in [3.63, 3.8) is 0 Å². The molecule has 0 aliphatic heterocycles. The summed E-state index contributed by atoms with van der Waals surface area (Å²) in [7, 11) is 0. The summed E-state index contributed by atoms with van der Waals surface area (Å²) >= 11 is 0. The SMILES string of the molecule is NC1(CNC2CC2)CCCCC1. The van der Waals surface area contributed by atoms with Gasteiger partial charge in [0.1, 0.15) is 0 Å². The first-order valence-electron chi connectivity index (χ1n) is 5.31. The molecule has 0 saturated heterocycles. The van der Waals surface area contributed by atoms with Gasteiger partial charge in [-0.3, -0.25) is 0 Å². The highest BCUT2D eigenvalue weighted by atomic mass is 15.0. The second kappa shape index (κ2) is 3.35. The van der Waals surface area contributed by atoms with Crippen LogP contribution >= 0.6 is 0 Å². The summed E-state index contributed by atoms with van der Waals surface area (Å²) < 4.78 is 0. The zero-order chi connectivity index (χ0) is 8.44. The van der Waals surface area contributed by atoms with Gasteiger partial charge < -0.3 is 11.1 Å². The highest BCUT2D eigenvalue weighted by molar-refractivity contribution is 4.92. The van der Waals surface area contributed by atoms with Crippen LogP contribution in [0.4, 0.5) is 0 Å². The Morgan fingerprint density at radius 3 is 2.42 bits per heavy atom.